The monoisotopic (exact) mass is 333 g/mol. The van der Waals surface area contributed by atoms with E-state index in [0.29, 0.717) is 0 Å². The standard InChI is InChI=1S/C20H32N2O2/c1-7-22(8-2,9-3)20(11-10-12-20)19(23)21-18-15(4)13-17(24-6)14-16(18)5/h13-14H,7-12H2,1-6H3/p+1. The number of anilines is 1. The van der Waals surface area contributed by atoms with Gasteiger partial charge in [-0.25, -0.2) is 0 Å². The van der Waals surface area contributed by atoms with Crippen molar-refractivity contribution in [2.75, 3.05) is 32.1 Å². The molecule has 24 heavy (non-hydrogen) atoms. The van der Waals surface area contributed by atoms with Crippen molar-refractivity contribution in [3.63, 3.8) is 0 Å². The summed E-state index contributed by atoms with van der Waals surface area (Å²) in [5.41, 5.74) is 2.78. The lowest BCUT2D eigenvalue weighted by molar-refractivity contribution is -0.967. The van der Waals surface area contributed by atoms with Crippen molar-refractivity contribution in [1.82, 2.24) is 0 Å². The van der Waals surface area contributed by atoms with Crippen LogP contribution in [0, 0.1) is 13.8 Å². The zero-order chi connectivity index (χ0) is 18.0. The van der Waals surface area contributed by atoms with Crippen LogP contribution in [0.2, 0.25) is 0 Å². The first kappa shape index (κ1) is 18.8. The second-order valence-electron chi connectivity index (χ2n) is 7.07. The average Bonchev–Trinajstić information content (AvgIpc) is 2.53. The molecule has 1 N–H and O–H groups in total. The first-order valence-corrected chi connectivity index (χ1v) is 9.22. The highest BCUT2D eigenvalue weighted by molar-refractivity contribution is 5.99. The number of ether oxygens (including phenoxy) is 1. The van der Waals surface area contributed by atoms with Crippen LogP contribution >= 0.6 is 0 Å². The maximum atomic E-state index is 13.3. The maximum Gasteiger partial charge on any atom is 0.285 e. The summed E-state index contributed by atoms with van der Waals surface area (Å²) in [6.45, 7) is 13.7. The predicted octanol–water partition coefficient (Wildman–Crippen LogP) is 4.05. The fourth-order valence-electron chi connectivity index (χ4n) is 4.48. The Balaban J connectivity index is 2.35. The molecule has 1 fully saturated rings. The number of hydrogen-bond acceptors (Lipinski definition) is 2. The quantitative estimate of drug-likeness (QED) is 0.765. The highest BCUT2D eigenvalue weighted by Gasteiger charge is 2.58. The van der Waals surface area contributed by atoms with Crippen molar-refractivity contribution in [3.05, 3.63) is 23.3 Å². The van der Waals surface area contributed by atoms with E-state index in [1.54, 1.807) is 7.11 Å². The zero-order valence-corrected chi connectivity index (χ0v) is 16.2. The molecule has 0 heterocycles. The molecule has 0 spiro atoms. The van der Waals surface area contributed by atoms with E-state index in [1.165, 1.54) is 0 Å². The van der Waals surface area contributed by atoms with Gasteiger partial charge in [-0.15, -0.1) is 0 Å². The van der Waals surface area contributed by atoms with Gasteiger partial charge in [0, 0.05) is 18.5 Å². The largest absolute Gasteiger partial charge is 0.497 e. The second-order valence-corrected chi connectivity index (χ2v) is 7.07. The third-order valence-electron chi connectivity index (χ3n) is 6.31. The van der Waals surface area contributed by atoms with Crippen LogP contribution in [0.3, 0.4) is 0 Å². The third-order valence-corrected chi connectivity index (χ3v) is 6.31. The van der Waals surface area contributed by atoms with Crippen LogP contribution in [0.1, 0.15) is 51.2 Å². The molecule has 1 amide bonds. The van der Waals surface area contributed by atoms with E-state index in [0.717, 1.165) is 65.9 Å². The minimum atomic E-state index is -0.267. The summed E-state index contributed by atoms with van der Waals surface area (Å²) < 4.78 is 6.21. The van der Waals surface area contributed by atoms with Gasteiger partial charge in [0.15, 0.2) is 5.54 Å². The molecule has 1 aliphatic carbocycles. The van der Waals surface area contributed by atoms with Crippen molar-refractivity contribution in [2.24, 2.45) is 0 Å². The normalized spacial score (nSPS) is 16.4. The van der Waals surface area contributed by atoms with Crippen LogP contribution in [0.25, 0.3) is 0 Å². The van der Waals surface area contributed by atoms with Gasteiger partial charge in [0.2, 0.25) is 0 Å². The number of rotatable bonds is 7. The third kappa shape index (κ3) is 2.81. The summed E-state index contributed by atoms with van der Waals surface area (Å²) in [4.78, 5) is 13.3. The van der Waals surface area contributed by atoms with Gasteiger partial charge >= 0.3 is 0 Å². The lowest BCUT2D eigenvalue weighted by atomic mass is 9.72. The van der Waals surface area contributed by atoms with Crippen LogP contribution < -0.4 is 10.1 Å². The van der Waals surface area contributed by atoms with Gasteiger partial charge in [0.05, 0.1) is 26.7 Å². The number of likely N-dealkylation sites (N-methyl/N-ethyl adjacent to an activating group) is 1. The first-order chi connectivity index (χ1) is 11.4. The van der Waals surface area contributed by atoms with Crippen LogP contribution in [-0.2, 0) is 4.79 Å². The van der Waals surface area contributed by atoms with E-state index in [1.807, 2.05) is 26.0 Å². The van der Waals surface area contributed by atoms with Crippen LogP contribution in [-0.4, -0.2) is 42.7 Å². The lowest BCUT2D eigenvalue weighted by Gasteiger charge is -2.55. The first-order valence-electron chi connectivity index (χ1n) is 9.22. The van der Waals surface area contributed by atoms with Crippen molar-refractivity contribution in [3.8, 4) is 5.75 Å². The number of aryl methyl sites for hydroxylation is 2. The molecule has 0 radical (unpaired) electrons. The van der Waals surface area contributed by atoms with Gasteiger partial charge in [0.25, 0.3) is 5.91 Å². The number of carbonyl (C=O) groups is 1. The van der Waals surface area contributed by atoms with Gasteiger partial charge in [-0.2, -0.15) is 0 Å². The second kappa shape index (κ2) is 7.14. The van der Waals surface area contributed by atoms with Crippen LogP contribution in [0.5, 0.6) is 5.75 Å². The fraction of sp³-hybridized carbons (Fsp3) is 0.650. The smallest absolute Gasteiger partial charge is 0.285 e. The van der Waals surface area contributed by atoms with Crippen molar-refractivity contribution < 1.29 is 14.0 Å². The van der Waals surface area contributed by atoms with Crippen molar-refractivity contribution in [2.45, 2.75) is 59.4 Å². The van der Waals surface area contributed by atoms with E-state index in [9.17, 15) is 4.79 Å². The molecule has 0 aromatic heterocycles. The maximum absolute atomic E-state index is 13.3. The molecule has 4 nitrogen and oxygen atoms in total. The number of methoxy groups -OCH3 is 1. The number of hydrogen-bond donors (Lipinski definition) is 1. The molecular formula is C20H33N2O2+. The summed E-state index contributed by atoms with van der Waals surface area (Å²) in [5.74, 6) is 1.03. The van der Waals surface area contributed by atoms with Gasteiger partial charge in [-0.1, -0.05) is 0 Å². The van der Waals surface area contributed by atoms with Crippen molar-refractivity contribution >= 4 is 11.6 Å². The zero-order valence-electron chi connectivity index (χ0n) is 16.2. The molecular weight excluding hydrogens is 300 g/mol. The number of benzene rings is 1. The average molecular weight is 333 g/mol. The van der Waals surface area contributed by atoms with Crippen molar-refractivity contribution in [1.29, 1.82) is 0 Å². The Morgan fingerprint density at radius 1 is 1.12 bits per heavy atom. The Hall–Kier alpha value is -1.55. The minimum Gasteiger partial charge on any atom is -0.497 e. The number of nitrogens with one attached hydrogen (secondary N) is 1. The molecule has 1 aromatic rings. The number of carbonyl (C=O) groups excluding carboxylic acids is 1. The molecule has 4 heteroatoms. The fourth-order valence-corrected chi connectivity index (χ4v) is 4.48. The van der Waals surface area contributed by atoms with E-state index in [2.05, 4.69) is 26.1 Å². The summed E-state index contributed by atoms with van der Waals surface area (Å²) >= 11 is 0. The Bertz CT molecular complexity index is 570. The van der Waals surface area contributed by atoms with Gasteiger partial charge in [-0.3, -0.25) is 4.79 Å². The topological polar surface area (TPSA) is 38.3 Å². The van der Waals surface area contributed by atoms with Gasteiger partial charge < -0.3 is 14.5 Å². The molecule has 134 valence electrons. The molecule has 1 aromatic carbocycles. The molecule has 1 aliphatic rings. The van der Waals surface area contributed by atoms with E-state index >= 15 is 0 Å². The molecule has 2 rings (SSSR count). The molecule has 0 aliphatic heterocycles. The van der Waals surface area contributed by atoms with Gasteiger partial charge in [0.1, 0.15) is 5.75 Å². The summed E-state index contributed by atoms with van der Waals surface area (Å²) in [6, 6.07) is 3.97. The van der Waals surface area contributed by atoms with Crippen LogP contribution in [0.15, 0.2) is 12.1 Å². The molecule has 0 atom stereocenters. The minimum absolute atomic E-state index is 0.190. The van der Waals surface area contributed by atoms with E-state index < -0.39 is 0 Å². The number of quaternary nitrogens is 1. The Morgan fingerprint density at radius 3 is 1.96 bits per heavy atom. The SMILES string of the molecule is CC[N+](CC)(CC)C1(C(=O)Nc2c(C)cc(OC)cc2C)CCC1. The Kier molecular flexibility index (Phi) is 5.59. The van der Waals surface area contributed by atoms with Gasteiger partial charge in [-0.05, 0) is 64.3 Å². The molecule has 1 saturated carbocycles. The number of nitrogens with zero attached hydrogens (tertiary/aromatic N) is 1. The van der Waals surface area contributed by atoms with Crippen LogP contribution in [0.4, 0.5) is 5.69 Å². The van der Waals surface area contributed by atoms with E-state index in [-0.39, 0.29) is 11.4 Å². The molecule has 0 bridgehead atoms. The molecule has 0 saturated heterocycles. The Morgan fingerprint density at radius 2 is 1.62 bits per heavy atom. The highest BCUT2D eigenvalue weighted by Crippen LogP contribution is 2.44. The molecule has 0 unspecified atom stereocenters. The summed E-state index contributed by atoms with van der Waals surface area (Å²) in [7, 11) is 1.67. The Labute approximate surface area is 146 Å². The summed E-state index contributed by atoms with van der Waals surface area (Å²) in [6.07, 6.45) is 3.12. The summed E-state index contributed by atoms with van der Waals surface area (Å²) in [5, 5.41) is 3.27. The predicted molar refractivity (Wildman–Crippen MR) is 99.6 cm³/mol. The lowest BCUT2D eigenvalue weighted by Crippen LogP contribution is -2.72. The van der Waals surface area contributed by atoms with E-state index in [4.69, 9.17) is 4.74 Å². The number of amides is 1. The highest BCUT2D eigenvalue weighted by atomic mass is 16.5.